The van der Waals surface area contributed by atoms with Crippen LogP contribution in [0, 0.1) is 6.92 Å². The van der Waals surface area contributed by atoms with Crippen molar-refractivity contribution in [2.45, 2.75) is 12.1 Å². The van der Waals surface area contributed by atoms with Gasteiger partial charge in [0.1, 0.15) is 11.6 Å². The molecule has 0 bridgehead atoms. The number of nitrogens with zero attached hydrogens (tertiary/aromatic N) is 4. The summed E-state index contributed by atoms with van der Waals surface area (Å²) < 4.78 is 5.32. The summed E-state index contributed by atoms with van der Waals surface area (Å²) in [5.74, 6) is 1.94. The van der Waals surface area contributed by atoms with E-state index < -0.39 is 0 Å². The van der Waals surface area contributed by atoms with Gasteiger partial charge in [-0.25, -0.2) is 9.97 Å². The summed E-state index contributed by atoms with van der Waals surface area (Å²) >= 11 is 1.59. The molecule has 1 aliphatic heterocycles. The van der Waals surface area contributed by atoms with Gasteiger partial charge in [0.2, 0.25) is 0 Å². The maximum absolute atomic E-state index is 5.32. The van der Waals surface area contributed by atoms with Gasteiger partial charge in [-0.1, -0.05) is 17.8 Å². The molecule has 2 aromatic rings. The summed E-state index contributed by atoms with van der Waals surface area (Å²) in [6.07, 6.45) is 2.01. The number of anilines is 2. The highest BCUT2D eigenvalue weighted by Gasteiger charge is 2.19. The van der Waals surface area contributed by atoms with Crippen LogP contribution < -0.4 is 14.5 Å². The van der Waals surface area contributed by atoms with E-state index in [1.807, 2.05) is 25.3 Å². The van der Waals surface area contributed by atoms with Crippen LogP contribution in [0.1, 0.15) is 5.69 Å². The van der Waals surface area contributed by atoms with Crippen LogP contribution >= 0.6 is 11.8 Å². The number of hydrogen-bond acceptors (Lipinski definition) is 6. The molecule has 1 saturated heterocycles. The van der Waals surface area contributed by atoms with Crippen molar-refractivity contribution >= 4 is 23.3 Å². The molecule has 0 N–H and O–H groups in total. The zero-order valence-corrected chi connectivity index (χ0v) is 14.6. The van der Waals surface area contributed by atoms with Crippen LogP contribution in [0.4, 0.5) is 11.5 Å². The van der Waals surface area contributed by atoms with Gasteiger partial charge in [0, 0.05) is 49.7 Å². The Morgan fingerprint density at radius 1 is 1.04 bits per heavy atom. The molecule has 23 heavy (non-hydrogen) atoms. The maximum Gasteiger partial charge on any atom is 0.189 e. The van der Waals surface area contributed by atoms with Gasteiger partial charge < -0.3 is 14.5 Å². The van der Waals surface area contributed by atoms with Gasteiger partial charge in [0.25, 0.3) is 0 Å². The van der Waals surface area contributed by atoms with Crippen molar-refractivity contribution in [2.75, 3.05) is 49.3 Å². The van der Waals surface area contributed by atoms with Crippen molar-refractivity contribution in [3.05, 3.63) is 36.0 Å². The van der Waals surface area contributed by atoms with Gasteiger partial charge in [-0.05, 0) is 25.3 Å². The lowest BCUT2D eigenvalue weighted by Gasteiger charge is -2.37. The Morgan fingerprint density at radius 2 is 1.78 bits per heavy atom. The molecule has 0 radical (unpaired) electrons. The average molecular weight is 330 g/mol. The standard InChI is InChI=1S/C17H22N4OS/c1-13-11-16(19-17(18-13)23-3)21-9-7-20(8-10-21)14-5-4-6-15(12-14)22-2/h4-6,11-12H,7-10H2,1-3H3. The van der Waals surface area contributed by atoms with Gasteiger partial charge in [0.15, 0.2) is 5.16 Å². The zero-order chi connectivity index (χ0) is 16.2. The fourth-order valence-corrected chi connectivity index (χ4v) is 3.20. The highest BCUT2D eigenvalue weighted by atomic mass is 32.2. The number of piperazine rings is 1. The van der Waals surface area contributed by atoms with E-state index >= 15 is 0 Å². The van der Waals surface area contributed by atoms with E-state index in [0.717, 1.165) is 48.6 Å². The Bertz CT molecular complexity index is 671. The first kappa shape index (κ1) is 15.9. The molecule has 0 saturated carbocycles. The molecule has 0 aliphatic carbocycles. The molecule has 0 spiro atoms. The van der Waals surface area contributed by atoms with E-state index in [2.05, 4.69) is 38.0 Å². The van der Waals surface area contributed by atoms with Crippen LogP contribution in [0.3, 0.4) is 0 Å². The molecule has 0 atom stereocenters. The highest BCUT2D eigenvalue weighted by molar-refractivity contribution is 7.98. The number of rotatable bonds is 4. The second-order valence-electron chi connectivity index (χ2n) is 5.53. The van der Waals surface area contributed by atoms with Crippen molar-refractivity contribution in [2.24, 2.45) is 0 Å². The molecule has 1 aromatic carbocycles. The Balaban J connectivity index is 1.69. The normalized spacial score (nSPS) is 14.9. The number of methoxy groups -OCH3 is 1. The van der Waals surface area contributed by atoms with Crippen molar-refractivity contribution in [3.8, 4) is 5.75 Å². The number of aromatic nitrogens is 2. The van der Waals surface area contributed by atoms with E-state index in [4.69, 9.17) is 4.74 Å². The molecule has 3 rings (SSSR count). The summed E-state index contributed by atoms with van der Waals surface area (Å²) in [5.41, 5.74) is 2.24. The molecule has 1 aromatic heterocycles. The third kappa shape index (κ3) is 3.69. The van der Waals surface area contributed by atoms with Crippen LogP contribution in [-0.2, 0) is 0 Å². The third-order valence-electron chi connectivity index (χ3n) is 4.02. The van der Waals surface area contributed by atoms with Crippen molar-refractivity contribution < 1.29 is 4.74 Å². The number of benzene rings is 1. The lowest BCUT2D eigenvalue weighted by atomic mass is 10.2. The minimum Gasteiger partial charge on any atom is -0.497 e. The van der Waals surface area contributed by atoms with Crippen LogP contribution in [-0.4, -0.2) is 49.5 Å². The summed E-state index contributed by atoms with van der Waals surface area (Å²) in [7, 11) is 1.71. The second-order valence-corrected chi connectivity index (χ2v) is 6.30. The Kier molecular flexibility index (Phi) is 4.91. The molecule has 1 aliphatic rings. The van der Waals surface area contributed by atoms with Crippen LogP contribution in [0.25, 0.3) is 0 Å². The molecular formula is C17H22N4OS. The predicted molar refractivity (Wildman–Crippen MR) is 96.0 cm³/mol. The smallest absolute Gasteiger partial charge is 0.189 e. The first-order chi connectivity index (χ1) is 11.2. The van der Waals surface area contributed by atoms with Gasteiger partial charge in [-0.3, -0.25) is 0 Å². The molecule has 1 fully saturated rings. The van der Waals surface area contributed by atoms with E-state index in [-0.39, 0.29) is 0 Å². The molecule has 6 heteroatoms. The first-order valence-electron chi connectivity index (χ1n) is 7.73. The summed E-state index contributed by atoms with van der Waals surface area (Å²) in [6, 6.07) is 10.3. The number of aryl methyl sites for hydroxylation is 1. The SMILES string of the molecule is COc1cccc(N2CCN(c3cc(C)nc(SC)n3)CC2)c1. The zero-order valence-electron chi connectivity index (χ0n) is 13.8. The van der Waals surface area contributed by atoms with Gasteiger partial charge in [0.05, 0.1) is 7.11 Å². The monoisotopic (exact) mass is 330 g/mol. The van der Waals surface area contributed by atoms with Crippen molar-refractivity contribution in [1.82, 2.24) is 9.97 Å². The second kappa shape index (κ2) is 7.08. The Hall–Kier alpha value is -1.95. The molecule has 5 nitrogen and oxygen atoms in total. The molecule has 122 valence electrons. The summed E-state index contributed by atoms with van der Waals surface area (Å²) in [4.78, 5) is 13.8. The number of hydrogen-bond donors (Lipinski definition) is 0. The quantitative estimate of drug-likeness (QED) is 0.634. The fourth-order valence-electron chi connectivity index (χ4n) is 2.78. The van der Waals surface area contributed by atoms with E-state index in [1.165, 1.54) is 5.69 Å². The molecule has 2 heterocycles. The predicted octanol–water partition coefficient (Wildman–Crippen LogP) is 2.84. The first-order valence-corrected chi connectivity index (χ1v) is 8.95. The van der Waals surface area contributed by atoms with Crippen LogP contribution in [0.5, 0.6) is 5.75 Å². The average Bonchev–Trinajstić information content (AvgIpc) is 2.61. The Morgan fingerprint density at radius 3 is 2.48 bits per heavy atom. The minimum atomic E-state index is 0.843. The fraction of sp³-hybridized carbons (Fsp3) is 0.412. The van der Waals surface area contributed by atoms with Crippen LogP contribution in [0.15, 0.2) is 35.5 Å². The van der Waals surface area contributed by atoms with Crippen LogP contribution in [0.2, 0.25) is 0 Å². The topological polar surface area (TPSA) is 41.5 Å². The van der Waals surface area contributed by atoms with Crippen molar-refractivity contribution in [1.29, 1.82) is 0 Å². The largest absolute Gasteiger partial charge is 0.497 e. The van der Waals surface area contributed by atoms with Gasteiger partial charge in [-0.2, -0.15) is 0 Å². The van der Waals surface area contributed by atoms with Crippen molar-refractivity contribution in [3.63, 3.8) is 0 Å². The molecule has 0 unspecified atom stereocenters. The lowest BCUT2D eigenvalue weighted by molar-refractivity contribution is 0.414. The number of ether oxygens (including phenoxy) is 1. The maximum atomic E-state index is 5.32. The lowest BCUT2D eigenvalue weighted by Crippen LogP contribution is -2.46. The van der Waals surface area contributed by atoms with E-state index in [0.29, 0.717) is 0 Å². The van der Waals surface area contributed by atoms with Gasteiger partial charge >= 0.3 is 0 Å². The summed E-state index contributed by atoms with van der Waals surface area (Å²) in [5, 5.41) is 0.843. The van der Waals surface area contributed by atoms with E-state index in [9.17, 15) is 0 Å². The third-order valence-corrected chi connectivity index (χ3v) is 4.57. The summed E-state index contributed by atoms with van der Waals surface area (Å²) in [6.45, 7) is 5.90. The highest BCUT2D eigenvalue weighted by Crippen LogP contribution is 2.24. The van der Waals surface area contributed by atoms with E-state index in [1.54, 1.807) is 18.9 Å². The molecular weight excluding hydrogens is 308 g/mol. The Labute approximate surface area is 141 Å². The van der Waals surface area contributed by atoms with Gasteiger partial charge in [-0.15, -0.1) is 0 Å². The molecule has 0 amide bonds. The minimum absolute atomic E-state index is 0.843. The number of thioether (sulfide) groups is 1.